The molecule has 3 saturated heterocycles. The molecule has 5 rings (SSSR count). The third kappa shape index (κ3) is 3.94. The molecule has 2 unspecified atom stereocenters. The van der Waals surface area contributed by atoms with Crippen LogP contribution in [0.3, 0.4) is 0 Å². The Morgan fingerprint density at radius 3 is 1.91 bits per heavy atom. The number of carbonyl (C=O) groups excluding carboxylic acids is 2. The molecular weight excluding hydrogens is 426 g/mol. The summed E-state index contributed by atoms with van der Waals surface area (Å²) in [5.41, 5.74) is -0.361. The molecule has 2 bridgehead atoms. The average molecular weight is 463 g/mol. The maximum Gasteiger partial charge on any atom is 0.360 e. The molecule has 3 aliphatic heterocycles. The van der Waals surface area contributed by atoms with Crippen LogP contribution in [0.4, 0.5) is 0 Å². The number of rotatable bonds is 7. The Morgan fingerprint density at radius 1 is 0.882 bits per heavy atom. The van der Waals surface area contributed by atoms with E-state index in [1.54, 1.807) is 0 Å². The van der Waals surface area contributed by atoms with E-state index in [0.717, 1.165) is 12.8 Å². The predicted octanol–water partition coefficient (Wildman–Crippen LogP) is 5.12. The van der Waals surface area contributed by atoms with Gasteiger partial charge in [0.05, 0.1) is 25.2 Å². The average Bonchev–Trinajstić information content (AvgIpc) is 3.40. The standard InChI is InChI=1S/C29H36NO4/c1-2-11-27(31)34-29(22-12-5-3-6-13-22,23-14-7-4-8-15-23)28(32)33-26-20-24-16-17-25(21-26)30(24)18-9-10-19-30/h3-8,12-15,24-26H,2,9-11,16-21H2,1H3/q+1. The molecule has 3 aliphatic rings. The zero-order valence-electron chi connectivity index (χ0n) is 20.2. The Morgan fingerprint density at radius 2 is 1.41 bits per heavy atom. The Bertz CT molecular complexity index is 944. The summed E-state index contributed by atoms with van der Waals surface area (Å²) in [6.45, 7) is 4.49. The van der Waals surface area contributed by atoms with Crippen molar-refractivity contribution in [3.8, 4) is 0 Å². The smallest absolute Gasteiger partial charge is 0.360 e. The first kappa shape index (κ1) is 23.1. The Balaban J connectivity index is 1.47. The van der Waals surface area contributed by atoms with Crippen molar-refractivity contribution in [2.75, 3.05) is 13.1 Å². The Labute approximate surface area is 202 Å². The van der Waals surface area contributed by atoms with Crippen LogP contribution in [0.15, 0.2) is 60.7 Å². The highest BCUT2D eigenvalue weighted by atomic mass is 16.6. The van der Waals surface area contributed by atoms with Gasteiger partial charge in [-0.05, 0) is 6.42 Å². The Hall–Kier alpha value is -2.66. The summed E-state index contributed by atoms with van der Waals surface area (Å²) in [6.07, 6.45) is 7.67. The van der Waals surface area contributed by atoms with Crippen molar-refractivity contribution in [1.82, 2.24) is 0 Å². The van der Waals surface area contributed by atoms with Gasteiger partial charge in [0.15, 0.2) is 0 Å². The molecule has 2 aromatic rings. The maximum absolute atomic E-state index is 14.1. The highest BCUT2D eigenvalue weighted by Crippen LogP contribution is 2.47. The van der Waals surface area contributed by atoms with Crippen LogP contribution in [0, 0.1) is 0 Å². The molecule has 0 N–H and O–H groups in total. The van der Waals surface area contributed by atoms with E-state index in [4.69, 9.17) is 9.47 Å². The van der Waals surface area contributed by atoms with Crippen LogP contribution < -0.4 is 0 Å². The quantitative estimate of drug-likeness (QED) is 0.423. The molecule has 0 amide bonds. The number of nitrogens with zero attached hydrogens (tertiary/aromatic N) is 1. The third-order valence-corrected chi connectivity index (χ3v) is 8.40. The summed E-state index contributed by atoms with van der Waals surface area (Å²) in [5.74, 6) is -0.869. The summed E-state index contributed by atoms with van der Waals surface area (Å²) in [4.78, 5) is 27.0. The minimum absolute atomic E-state index is 0.133. The van der Waals surface area contributed by atoms with Crippen LogP contribution in [-0.4, -0.2) is 47.7 Å². The molecule has 2 atom stereocenters. The number of hydrogen-bond donors (Lipinski definition) is 0. The maximum atomic E-state index is 14.1. The van der Waals surface area contributed by atoms with Gasteiger partial charge in [0.25, 0.3) is 5.60 Å². The van der Waals surface area contributed by atoms with E-state index in [1.165, 1.54) is 43.3 Å². The molecule has 1 spiro atoms. The van der Waals surface area contributed by atoms with Crippen molar-refractivity contribution in [3.05, 3.63) is 71.8 Å². The zero-order valence-corrected chi connectivity index (χ0v) is 20.2. The molecule has 5 nitrogen and oxygen atoms in total. The second-order valence-electron chi connectivity index (χ2n) is 10.3. The minimum Gasteiger partial charge on any atom is -0.458 e. The van der Waals surface area contributed by atoms with Gasteiger partial charge in [0.1, 0.15) is 6.10 Å². The van der Waals surface area contributed by atoms with Crippen LogP contribution in [0.25, 0.3) is 0 Å². The Kier molecular flexibility index (Phi) is 6.48. The van der Waals surface area contributed by atoms with Gasteiger partial charge in [0, 0.05) is 56.1 Å². The van der Waals surface area contributed by atoms with Crippen LogP contribution >= 0.6 is 0 Å². The van der Waals surface area contributed by atoms with Crippen LogP contribution in [0.5, 0.6) is 0 Å². The summed E-state index contributed by atoms with van der Waals surface area (Å²) in [7, 11) is 0. The molecule has 0 aromatic heterocycles. The lowest BCUT2D eigenvalue weighted by molar-refractivity contribution is -0.956. The molecule has 0 saturated carbocycles. The summed E-state index contributed by atoms with van der Waals surface area (Å²) < 4.78 is 13.7. The lowest BCUT2D eigenvalue weighted by Gasteiger charge is -2.47. The second-order valence-corrected chi connectivity index (χ2v) is 10.3. The van der Waals surface area contributed by atoms with Gasteiger partial charge in [0.2, 0.25) is 0 Å². The molecule has 2 aromatic carbocycles. The van der Waals surface area contributed by atoms with Crippen molar-refractivity contribution >= 4 is 11.9 Å². The van der Waals surface area contributed by atoms with Gasteiger partial charge in [-0.25, -0.2) is 4.79 Å². The van der Waals surface area contributed by atoms with E-state index in [1.807, 2.05) is 67.6 Å². The highest BCUT2D eigenvalue weighted by molar-refractivity contribution is 5.89. The molecule has 180 valence electrons. The molecule has 0 radical (unpaired) electrons. The number of benzene rings is 2. The van der Waals surface area contributed by atoms with E-state index in [0.29, 0.717) is 29.6 Å². The normalized spacial score (nSPS) is 25.3. The van der Waals surface area contributed by atoms with Gasteiger partial charge in [-0.1, -0.05) is 67.6 Å². The molecule has 5 heteroatoms. The first-order valence-electron chi connectivity index (χ1n) is 13.0. The van der Waals surface area contributed by atoms with Crippen LogP contribution in [0.1, 0.15) is 69.4 Å². The fourth-order valence-electron chi connectivity index (χ4n) is 6.87. The van der Waals surface area contributed by atoms with Gasteiger partial charge >= 0.3 is 11.9 Å². The minimum atomic E-state index is -1.61. The van der Waals surface area contributed by atoms with Gasteiger partial charge in [-0.2, -0.15) is 0 Å². The molecule has 0 aliphatic carbocycles. The van der Waals surface area contributed by atoms with E-state index in [-0.39, 0.29) is 12.5 Å². The number of quaternary nitrogens is 1. The summed E-state index contributed by atoms with van der Waals surface area (Å²) in [5, 5.41) is 0. The van der Waals surface area contributed by atoms with Crippen molar-refractivity contribution in [1.29, 1.82) is 0 Å². The molecule has 34 heavy (non-hydrogen) atoms. The van der Waals surface area contributed by atoms with Crippen molar-refractivity contribution < 1.29 is 23.5 Å². The summed E-state index contributed by atoms with van der Waals surface area (Å²) >= 11 is 0. The van der Waals surface area contributed by atoms with Gasteiger partial charge in [-0.3, -0.25) is 4.79 Å². The fraction of sp³-hybridized carbons (Fsp3) is 0.517. The first-order valence-corrected chi connectivity index (χ1v) is 13.0. The van der Waals surface area contributed by atoms with Gasteiger partial charge in [-0.15, -0.1) is 0 Å². The number of hydrogen-bond acceptors (Lipinski definition) is 4. The number of ether oxygens (including phenoxy) is 2. The van der Waals surface area contributed by atoms with Crippen LogP contribution in [-0.2, 0) is 24.7 Å². The second kappa shape index (κ2) is 9.53. The molecule has 3 heterocycles. The summed E-state index contributed by atoms with van der Waals surface area (Å²) in [6, 6.07) is 19.9. The van der Waals surface area contributed by atoms with E-state index in [9.17, 15) is 9.59 Å². The van der Waals surface area contributed by atoms with E-state index >= 15 is 0 Å². The lowest BCUT2D eigenvalue weighted by Crippen LogP contribution is -2.60. The number of piperidine rings is 1. The predicted molar refractivity (Wildman–Crippen MR) is 130 cm³/mol. The van der Waals surface area contributed by atoms with Crippen LogP contribution in [0.2, 0.25) is 0 Å². The molecular formula is C29H36NO4+. The SMILES string of the molecule is CCCC(=O)OC(C(=O)OC1CC2CCC(C1)[N+]21CCCC1)(c1ccccc1)c1ccccc1. The topological polar surface area (TPSA) is 52.6 Å². The third-order valence-electron chi connectivity index (χ3n) is 8.40. The van der Waals surface area contributed by atoms with Gasteiger partial charge < -0.3 is 14.0 Å². The first-order chi connectivity index (χ1) is 16.6. The lowest BCUT2D eigenvalue weighted by atomic mass is 9.85. The monoisotopic (exact) mass is 462 g/mol. The van der Waals surface area contributed by atoms with Crippen molar-refractivity contribution in [2.45, 2.75) is 82.1 Å². The number of esters is 2. The largest absolute Gasteiger partial charge is 0.458 e. The van der Waals surface area contributed by atoms with Crippen molar-refractivity contribution in [3.63, 3.8) is 0 Å². The van der Waals surface area contributed by atoms with E-state index < -0.39 is 17.5 Å². The van der Waals surface area contributed by atoms with Crippen molar-refractivity contribution in [2.24, 2.45) is 0 Å². The highest BCUT2D eigenvalue weighted by Gasteiger charge is 2.57. The fourth-order valence-corrected chi connectivity index (χ4v) is 6.87. The van der Waals surface area contributed by atoms with E-state index in [2.05, 4.69) is 0 Å². The zero-order chi connectivity index (χ0) is 23.6. The number of carbonyl (C=O) groups is 2. The molecule has 3 fully saturated rings.